The van der Waals surface area contributed by atoms with E-state index in [4.69, 9.17) is 4.74 Å². The van der Waals surface area contributed by atoms with Crippen molar-refractivity contribution >= 4 is 23.7 Å². The van der Waals surface area contributed by atoms with Crippen molar-refractivity contribution in [3.05, 3.63) is 0 Å². The Kier molecular flexibility index (Phi) is 10.3. The van der Waals surface area contributed by atoms with E-state index in [0.717, 1.165) is 19.3 Å². The van der Waals surface area contributed by atoms with Crippen LogP contribution in [0.15, 0.2) is 0 Å². The highest BCUT2D eigenvalue weighted by Gasteiger charge is 2.35. The lowest BCUT2D eigenvalue weighted by Crippen LogP contribution is -2.56. The van der Waals surface area contributed by atoms with Crippen molar-refractivity contribution in [1.29, 1.82) is 0 Å². The number of rotatable bonds is 6. The average Bonchev–Trinajstić information content (AvgIpc) is 2.66. The third-order valence-corrected chi connectivity index (χ3v) is 5.54. The van der Waals surface area contributed by atoms with Gasteiger partial charge in [-0.2, -0.15) is 0 Å². The van der Waals surface area contributed by atoms with Gasteiger partial charge in [-0.25, -0.2) is 4.79 Å². The largest absolute Gasteiger partial charge is 0.460 e. The Labute approximate surface area is 180 Å². The van der Waals surface area contributed by atoms with Crippen molar-refractivity contribution in [2.45, 2.75) is 98.4 Å². The highest BCUT2D eigenvalue weighted by atomic mass is 16.5. The Morgan fingerprint density at radius 2 is 1.50 bits per heavy atom. The summed E-state index contributed by atoms with van der Waals surface area (Å²) in [5, 5.41) is 8.09. The number of nitrogens with one attached hydrogen (secondary N) is 3. The second kappa shape index (κ2) is 11.9. The highest BCUT2D eigenvalue weighted by molar-refractivity contribution is 5.94. The molecule has 0 spiro atoms. The van der Waals surface area contributed by atoms with E-state index in [1.807, 2.05) is 34.6 Å². The Morgan fingerprint density at radius 1 is 0.900 bits per heavy atom. The van der Waals surface area contributed by atoms with Crippen molar-refractivity contribution in [2.75, 3.05) is 0 Å². The van der Waals surface area contributed by atoms with Crippen molar-refractivity contribution in [2.24, 2.45) is 17.8 Å². The lowest BCUT2D eigenvalue weighted by Gasteiger charge is -2.28. The van der Waals surface area contributed by atoms with Gasteiger partial charge in [0.25, 0.3) is 0 Å². The fourth-order valence-corrected chi connectivity index (χ4v) is 3.39. The van der Waals surface area contributed by atoms with Crippen molar-refractivity contribution in [1.82, 2.24) is 16.0 Å². The second-order valence-electron chi connectivity index (χ2n) is 9.05. The van der Waals surface area contributed by atoms with Crippen molar-refractivity contribution in [3.8, 4) is 0 Å². The monoisotopic (exact) mass is 425 g/mol. The zero-order chi connectivity index (χ0) is 23.0. The summed E-state index contributed by atoms with van der Waals surface area (Å²) in [6.45, 7) is 12.8. The third-order valence-electron chi connectivity index (χ3n) is 5.54. The van der Waals surface area contributed by atoms with Gasteiger partial charge in [0.15, 0.2) is 0 Å². The predicted molar refractivity (Wildman–Crippen MR) is 114 cm³/mol. The molecule has 1 rings (SSSR count). The molecule has 1 heterocycles. The summed E-state index contributed by atoms with van der Waals surface area (Å²) in [7, 11) is 0. The normalized spacial score (nSPS) is 27.9. The summed E-state index contributed by atoms with van der Waals surface area (Å²) in [5.41, 5.74) is 0. The van der Waals surface area contributed by atoms with Crippen LogP contribution in [0.25, 0.3) is 0 Å². The summed E-state index contributed by atoms with van der Waals surface area (Å²) in [5.74, 6) is -2.21. The Morgan fingerprint density at radius 3 is 2.03 bits per heavy atom. The SMILES string of the molecule is CCCC[C@H](C)[C@@H]1CC(=O)N[C@@H](C(C)C)C(=O)N[C@@H](C)C(=O)NC(C(C)C)C(=O)O1. The summed E-state index contributed by atoms with van der Waals surface area (Å²) in [6.07, 6.45) is 2.11. The van der Waals surface area contributed by atoms with Crippen LogP contribution in [-0.2, 0) is 23.9 Å². The van der Waals surface area contributed by atoms with Crippen LogP contribution in [0.4, 0.5) is 0 Å². The van der Waals surface area contributed by atoms with Gasteiger partial charge in [-0.1, -0.05) is 54.4 Å². The quantitative estimate of drug-likeness (QED) is 0.563. The molecule has 30 heavy (non-hydrogen) atoms. The van der Waals surface area contributed by atoms with Gasteiger partial charge in [-0.15, -0.1) is 0 Å². The molecule has 8 nitrogen and oxygen atoms in total. The van der Waals surface area contributed by atoms with Crippen LogP contribution in [-0.4, -0.2) is 47.9 Å². The van der Waals surface area contributed by atoms with E-state index < -0.39 is 42.0 Å². The molecule has 1 aliphatic heterocycles. The third kappa shape index (κ3) is 7.61. The molecular weight excluding hydrogens is 386 g/mol. The number of carbonyl (C=O) groups is 4. The van der Waals surface area contributed by atoms with Crippen LogP contribution in [0.1, 0.15) is 74.1 Å². The zero-order valence-corrected chi connectivity index (χ0v) is 19.4. The van der Waals surface area contributed by atoms with Gasteiger partial charge in [0.1, 0.15) is 24.2 Å². The molecule has 1 unspecified atom stereocenters. The van der Waals surface area contributed by atoms with Crippen LogP contribution in [0.3, 0.4) is 0 Å². The molecular formula is C22H39N3O5. The Hall–Kier alpha value is -2.12. The molecule has 0 aromatic carbocycles. The number of hydrogen-bond acceptors (Lipinski definition) is 5. The fourth-order valence-electron chi connectivity index (χ4n) is 3.39. The van der Waals surface area contributed by atoms with Crippen LogP contribution in [0.5, 0.6) is 0 Å². The maximum Gasteiger partial charge on any atom is 0.329 e. The molecule has 0 aromatic heterocycles. The zero-order valence-electron chi connectivity index (χ0n) is 19.4. The van der Waals surface area contributed by atoms with Crippen molar-refractivity contribution in [3.63, 3.8) is 0 Å². The van der Waals surface area contributed by atoms with Crippen LogP contribution in [0, 0.1) is 17.8 Å². The van der Waals surface area contributed by atoms with Crippen molar-refractivity contribution < 1.29 is 23.9 Å². The summed E-state index contributed by atoms with van der Waals surface area (Å²) in [4.78, 5) is 50.9. The van der Waals surface area contributed by atoms with E-state index in [-0.39, 0.29) is 30.1 Å². The van der Waals surface area contributed by atoms with Crippen LogP contribution < -0.4 is 16.0 Å². The Bertz CT molecular complexity index is 620. The minimum Gasteiger partial charge on any atom is -0.460 e. The highest BCUT2D eigenvalue weighted by Crippen LogP contribution is 2.20. The number of unbranched alkanes of at least 4 members (excludes halogenated alkanes) is 1. The Balaban J connectivity index is 3.24. The fraction of sp³-hybridized carbons (Fsp3) is 0.818. The number of cyclic esters (lactones) is 1. The van der Waals surface area contributed by atoms with Gasteiger partial charge < -0.3 is 20.7 Å². The molecule has 5 atom stereocenters. The molecule has 172 valence electrons. The lowest BCUT2D eigenvalue weighted by atomic mass is 9.94. The first-order chi connectivity index (χ1) is 14.0. The molecule has 0 bridgehead atoms. The molecule has 1 fully saturated rings. The maximum atomic E-state index is 12.9. The summed E-state index contributed by atoms with van der Waals surface area (Å²) >= 11 is 0. The first kappa shape index (κ1) is 25.9. The van der Waals surface area contributed by atoms with E-state index in [1.54, 1.807) is 6.92 Å². The van der Waals surface area contributed by atoms with E-state index in [2.05, 4.69) is 22.9 Å². The second-order valence-corrected chi connectivity index (χ2v) is 9.05. The maximum absolute atomic E-state index is 12.9. The molecule has 1 aliphatic rings. The van der Waals surface area contributed by atoms with E-state index in [0.29, 0.717) is 0 Å². The summed E-state index contributed by atoms with van der Waals surface area (Å²) < 4.78 is 5.75. The molecule has 0 saturated carbocycles. The minimum absolute atomic E-state index is 0.0264. The molecule has 0 radical (unpaired) electrons. The molecule has 0 aliphatic carbocycles. The van der Waals surface area contributed by atoms with Crippen LogP contribution >= 0.6 is 0 Å². The smallest absolute Gasteiger partial charge is 0.329 e. The average molecular weight is 426 g/mol. The van der Waals surface area contributed by atoms with Gasteiger partial charge in [0.2, 0.25) is 17.7 Å². The molecule has 0 aromatic rings. The lowest BCUT2D eigenvalue weighted by molar-refractivity contribution is -0.158. The molecule has 3 amide bonds. The van der Waals surface area contributed by atoms with E-state index in [1.165, 1.54) is 0 Å². The van der Waals surface area contributed by atoms with Gasteiger partial charge in [-0.05, 0) is 31.1 Å². The number of amides is 3. The van der Waals surface area contributed by atoms with Gasteiger partial charge in [-0.3, -0.25) is 14.4 Å². The van der Waals surface area contributed by atoms with E-state index in [9.17, 15) is 19.2 Å². The van der Waals surface area contributed by atoms with Gasteiger partial charge in [0.05, 0.1) is 6.42 Å². The first-order valence-electron chi connectivity index (χ1n) is 11.1. The minimum atomic E-state index is -0.859. The number of ether oxygens (including phenoxy) is 1. The van der Waals surface area contributed by atoms with Gasteiger partial charge >= 0.3 is 5.97 Å². The molecule has 3 N–H and O–H groups in total. The molecule has 8 heteroatoms. The van der Waals surface area contributed by atoms with Crippen LogP contribution in [0.2, 0.25) is 0 Å². The number of esters is 1. The number of hydrogen-bond donors (Lipinski definition) is 3. The standard InChI is InChI=1S/C22H39N3O5/c1-8-9-10-14(6)16-11-17(26)24-18(12(2)3)21(28)23-15(7)20(27)25-19(13(4)5)22(29)30-16/h12-16,18-19H,8-11H2,1-7H3,(H,23,28)(H,24,26)(H,25,27)/t14-,15-,16-,18-,19?/m0/s1. The van der Waals surface area contributed by atoms with Gasteiger partial charge in [0, 0.05) is 0 Å². The first-order valence-corrected chi connectivity index (χ1v) is 11.1. The molecule has 1 saturated heterocycles. The topological polar surface area (TPSA) is 114 Å². The predicted octanol–water partition coefficient (Wildman–Crippen LogP) is 1.91. The number of carbonyl (C=O) groups excluding carboxylic acids is 4. The summed E-state index contributed by atoms with van der Waals surface area (Å²) in [6, 6.07) is -2.50. The van der Waals surface area contributed by atoms with E-state index >= 15 is 0 Å².